The van der Waals surface area contributed by atoms with Crippen LogP contribution in [0.4, 0.5) is 0 Å². The van der Waals surface area contributed by atoms with Gasteiger partial charge in [0.1, 0.15) is 24.0 Å². The maximum Gasteiger partial charge on any atom is 0.354 e. The second-order valence-electron chi connectivity index (χ2n) is 9.16. The fourth-order valence-electron chi connectivity index (χ4n) is 4.75. The van der Waals surface area contributed by atoms with Crippen LogP contribution < -0.4 is 0 Å². The zero-order valence-corrected chi connectivity index (χ0v) is 22.1. The Morgan fingerprint density at radius 2 is 1.11 bits per heavy atom. The van der Waals surface area contributed by atoms with E-state index in [0.29, 0.717) is 25.7 Å². The van der Waals surface area contributed by atoms with Gasteiger partial charge in [-0.25, -0.2) is 19.6 Å². The van der Waals surface area contributed by atoms with Gasteiger partial charge in [-0.2, -0.15) is 0 Å². The van der Waals surface area contributed by atoms with E-state index in [2.05, 4.69) is 9.97 Å². The van der Waals surface area contributed by atoms with E-state index < -0.39 is 51.8 Å². The van der Waals surface area contributed by atoms with E-state index in [0.717, 1.165) is 0 Å². The summed E-state index contributed by atoms with van der Waals surface area (Å²) in [5.41, 5.74) is 0.0674. The SMILES string of the molecule is O=C(O)c1cccc(CN(CP(=O)(O)O)[C@@H]2CCCC[C@H]2N(Cc2cccc(C(=O)O)n2)CP(=O)(O)O)n1. The van der Waals surface area contributed by atoms with Crippen molar-refractivity contribution in [3.8, 4) is 0 Å². The molecule has 1 fully saturated rings. The van der Waals surface area contributed by atoms with Crippen molar-refractivity contribution in [2.45, 2.75) is 50.9 Å². The fourth-order valence-corrected chi connectivity index (χ4v) is 6.32. The molecule has 0 aromatic carbocycles. The van der Waals surface area contributed by atoms with Crippen molar-refractivity contribution in [2.75, 3.05) is 12.6 Å². The lowest BCUT2D eigenvalue weighted by Gasteiger charge is -2.45. The summed E-state index contributed by atoms with van der Waals surface area (Å²) in [7, 11) is -9.21. The van der Waals surface area contributed by atoms with Crippen molar-refractivity contribution >= 4 is 27.1 Å². The molecule has 38 heavy (non-hydrogen) atoms. The molecule has 0 radical (unpaired) electrons. The molecule has 0 aliphatic heterocycles. The number of hydrogen-bond donors (Lipinski definition) is 6. The van der Waals surface area contributed by atoms with E-state index in [1.807, 2.05) is 0 Å². The van der Waals surface area contributed by atoms with E-state index in [4.69, 9.17) is 0 Å². The van der Waals surface area contributed by atoms with Gasteiger partial charge in [-0.1, -0.05) is 25.0 Å². The van der Waals surface area contributed by atoms with E-state index >= 15 is 0 Å². The number of carbonyl (C=O) groups is 2. The second-order valence-corrected chi connectivity index (χ2v) is 12.4. The number of hydrogen-bond acceptors (Lipinski definition) is 8. The second kappa shape index (κ2) is 12.5. The molecule has 0 spiro atoms. The zero-order valence-electron chi connectivity index (χ0n) is 20.3. The molecule has 1 aliphatic rings. The maximum absolute atomic E-state index is 12.1. The molecule has 1 aliphatic carbocycles. The lowest BCUT2D eigenvalue weighted by molar-refractivity contribution is 0.0510. The Bertz CT molecular complexity index is 1150. The normalized spacial score (nSPS) is 18.6. The molecule has 0 bridgehead atoms. The first-order chi connectivity index (χ1) is 17.7. The molecule has 2 aromatic rings. The third-order valence-electron chi connectivity index (χ3n) is 6.15. The molecule has 16 heteroatoms. The minimum Gasteiger partial charge on any atom is -0.477 e. The summed E-state index contributed by atoms with van der Waals surface area (Å²) in [6.07, 6.45) is 0.927. The molecule has 3 rings (SSSR count). The van der Waals surface area contributed by atoms with Crippen molar-refractivity contribution < 1.29 is 48.5 Å². The van der Waals surface area contributed by atoms with Crippen LogP contribution in [0.1, 0.15) is 58.0 Å². The Balaban J connectivity index is 1.98. The Morgan fingerprint density at radius 1 is 0.737 bits per heavy atom. The van der Waals surface area contributed by atoms with Crippen LogP contribution in [0.5, 0.6) is 0 Å². The highest BCUT2D eigenvalue weighted by Gasteiger charge is 2.38. The Morgan fingerprint density at radius 3 is 1.42 bits per heavy atom. The number of carboxylic acid groups (broad SMARTS) is 2. The van der Waals surface area contributed by atoms with E-state index in [9.17, 15) is 48.5 Å². The van der Waals surface area contributed by atoms with Crippen molar-refractivity contribution in [1.82, 2.24) is 19.8 Å². The average molecular weight is 572 g/mol. The van der Waals surface area contributed by atoms with Gasteiger partial charge >= 0.3 is 27.1 Å². The van der Waals surface area contributed by atoms with Crippen LogP contribution >= 0.6 is 15.2 Å². The van der Waals surface area contributed by atoms with E-state index in [-0.39, 0.29) is 35.9 Å². The quantitative estimate of drug-likeness (QED) is 0.200. The number of aromatic carboxylic acids is 2. The Kier molecular flexibility index (Phi) is 9.91. The number of aromatic nitrogens is 2. The molecule has 6 N–H and O–H groups in total. The highest BCUT2D eigenvalue weighted by atomic mass is 31.2. The molecule has 2 heterocycles. The Hall–Kier alpha value is -2.54. The van der Waals surface area contributed by atoms with Gasteiger partial charge in [0.25, 0.3) is 0 Å². The first-order valence-corrected chi connectivity index (χ1v) is 15.3. The van der Waals surface area contributed by atoms with Gasteiger partial charge in [-0.05, 0) is 37.1 Å². The minimum absolute atomic E-state index is 0.107. The molecule has 0 saturated heterocycles. The van der Waals surface area contributed by atoms with Gasteiger partial charge in [-0.15, -0.1) is 0 Å². The van der Waals surface area contributed by atoms with Crippen LogP contribution in [-0.4, -0.2) is 86.1 Å². The molecule has 0 unspecified atom stereocenters. The third-order valence-corrected chi connectivity index (χ3v) is 7.61. The lowest BCUT2D eigenvalue weighted by atomic mass is 9.88. The monoisotopic (exact) mass is 572 g/mol. The van der Waals surface area contributed by atoms with Gasteiger partial charge in [0.05, 0.1) is 11.4 Å². The molecular formula is C22H30N4O10P2. The van der Waals surface area contributed by atoms with Crippen LogP contribution in [0, 0.1) is 0 Å². The number of nitrogens with zero attached hydrogens (tertiary/aromatic N) is 4. The minimum atomic E-state index is -4.61. The fraction of sp³-hybridized carbons (Fsp3) is 0.455. The summed E-state index contributed by atoms with van der Waals surface area (Å²) in [6, 6.07) is 7.44. The topological polar surface area (TPSA) is 222 Å². The molecular weight excluding hydrogens is 542 g/mol. The van der Waals surface area contributed by atoms with E-state index in [1.165, 1.54) is 46.2 Å². The molecule has 208 valence electrons. The largest absolute Gasteiger partial charge is 0.477 e. The van der Waals surface area contributed by atoms with Crippen LogP contribution in [-0.2, 0) is 22.2 Å². The summed E-state index contributed by atoms with van der Waals surface area (Å²) in [6.45, 7) is -0.214. The predicted octanol–water partition coefficient (Wildman–Crippen LogP) is 1.76. The smallest absolute Gasteiger partial charge is 0.354 e. The Labute approximate surface area is 218 Å². The van der Waals surface area contributed by atoms with Crippen molar-refractivity contribution in [3.05, 3.63) is 59.2 Å². The van der Waals surface area contributed by atoms with Gasteiger partial charge in [0.15, 0.2) is 0 Å². The van der Waals surface area contributed by atoms with Crippen LogP contribution in [0.2, 0.25) is 0 Å². The highest BCUT2D eigenvalue weighted by Crippen LogP contribution is 2.42. The molecule has 14 nitrogen and oxygen atoms in total. The van der Waals surface area contributed by atoms with Crippen molar-refractivity contribution in [3.63, 3.8) is 0 Å². The third kappa shape index (κ3) is 9.04. The zero-order chi connectivity index (χ0) is 28.1. The first-order valence-electron chi connectivity index (χ1n) is 11.7. The first kappa shape index (κ1) is 30.0. The number of carboxylic acids is 2. The maximum atomic E-state index is 12.1. The lowest BCUT2D eigenvalue weighted by Crippen LogP contribution is -2.53. The standard InChI is InChI=1S/C22H30N4O10P2/c27-21(28)17-7-3-5-15(23-17)11-25(13-37(31,32)33)19-9-1-2-10-20(19)26(14-38(34,35)36)12-16-6-4-8-18(24-16)22(29)30/h3-8,19-20H,1-2,9-14H2,(H,27,28)(H,29,30)(H2,31,32,33)(H2,34,35,36)/t19-,20-/m1/s1. The van der Waals surface area contributed by atoms with E-state index in [1.54, 1.807) is 0 Å². The summed E-state index contributed by atoms with van der Waals surface area (Å²) < 4.78 is 24.2. The van der Waals surface area contributed by atoms with Crippen molar-refractivity contribution in [1.29, 1.82) is 0 Å². The predicted molar refractivity (Wildman–Crippen MR) is 133 cm³/mol. The highest BCUT2D eigenvalue weighted by molar-refractivity contribution is 7.51. The molecule has 0 amide bonds. The van der Waals surface area contributed by atoms with Gasteiger partial charge < -0.3 is 29.8 Å². The summed E-state index contributed by atoms with van der Waals surface area (Å²) in [4.78, 5) is 73.1. The van der Waals surface area contributed by atoms with Crippen molar-refractivity contribution in [2.24, 2.45) is 0 Å². The van der Waals surface area contributed by atoms with Crippen LogP contribution in [0.3, 0.4) is 0 Å². The van der Waals surface area contributed by atoms with Crippen LogP contribution in [0.15, 0.2) is 36.4 Å². The summed E-state index contributed by atoms with van der Waals surface area (Å²) in [5, 5.41) is 18.5. The van der Waals surface area contributed by atoms with Gasteiger partial charge in [-0.3, -0.25) is 18.9 Å². The number of pyridine rings is 2. The summed E-state index contributed by atoms with van der Waals surface area (Å²) >= 11 is 0. The molecule has 2 atom stereocenters. The molecule has 2 aromatic heterocycles. The van der Waals surface area contributed by atoms with Gasteiger partial charge in [0, 0.05) is 25.2 Å². The van der Waals surface area contributed by atoms with Gasteiger partial charge in [0.2, 0.25) is 0 Å². The number of rotatable bonds is 12. The average Bonchev–Trinajstić information content (AvgIpc) is 2.82. The summed E-state index contributed by atoms with van der Waals surface area (Å²) in [5.74, 6) is -2.51. The van der Waals surface area contributed by atoms with Crippen LogP contribution in [0.25, 0.3) is 0 Å². The molecule has 1 saturated carbocycles.